The molecule has 0 spiro atoms. The van der Waals surface area contributed by atoms with E-state index >= 15 is 0 Å². The molecular weight excluding hydrogens is 288 g/mol. The first kappa shape index (κ1) is 16.3. The second kappa shape index (κ2) is 6.34. The molecule has 1 aliphatic heterocycles. The van der Waals surface area contributed by atoms with Crippen molar-refractivity contribution in [1.82, 2.24) is 4.90 Å². The number of hydrogen-bond donors (Lipinski definition) is 2. The van der Waals surface area contributed by atoms with E-state index in [4.69, 9.17) is 11.6 Å². The fourth-order valence-corrected chi connectivity index (χ4v) is 3.18. The third-order valence-electron chi connectivity index (χ3n) is 3.99. The number of hydrogen-bond acceptors (Lipinski definition) is 3. The van der Waals surface area contributed by atoms with Crippen molar-refractivity contribution in [3.8, 4) is 0 Å². The van der Waals surface area contributed by atoms with Gasteiger partial charge in [0, 0.05) is 16.8 Å². The number of halogens is 1. The summed E-state index contributed by atoms with van der Waals surface area (Å²) in [6.07, 6.45) is 1.94. The first-order valence-electron chi connectivity index (χ1n) is 7.30. The number of likely N-dealkylation sites (tertiary alicyclic amines) is 1. The van der Waals surface area contributed by atoms with Gasteiger partial charge in [-0.2, -0.15) is 0 Å². The Morgan fingerprint density at radius 1 is 1.52 bits per heavy atom. The summed E-state index contributed by atoms with van der Waals surface area (Å²) in [6.45, 7) is 6.67. The van der Waals surface area contributed by atoms with Gasteiger partial charge in [0.15, 0.2) is 0 Å². The first-order valence-corrected chi connectivity index (χ1v) is 7.67. The maximum absolute atomic E-state index is 12.2. The maximum atomic E-state index is 12.2. The minimum Gasteiger partial charge on any atom is -0.389 e. The Balaban J connectivity index is 1.98. The Morgan fingerprint density at radius 3 is 2.86 bits per heavy atom. The van der Waals surface area contributed by atoms with Gasteiger partial charge in [-0.05, 0) is 63.9 Å². The number of nitrogens with one attached hydrogen (secondary N) is 1. The van der Waals surface area contributed by atoms with Gasteiger partial charge in [-0.1, -0.05) is 11.6 Å². The number of aryl methyl sites for hydroxylation is 1. The van der Waals surface area contributed by atoms with Crippen LogP contribution in [0.5, 0.6) is 0 Å². The van der Waals surface area contributed by atoms with Crippen LogP contribution in [0.3, 0.4) is 0 Å². The van der Waals surface area contributed by atoms with Gasteiger partial charge in [0.2, 0.25) is 5.91 Å². The summed E-state index contributed by atoms with van der Waals surface area (Å²) < 4.78 is 0. The molecule has 1 saturated heterocycles. The predicted molar refractivity (Wildman–Crippen MR) is 85.7 cm³/mol. The lowest BCUT2D eigenvalue weighted by atomic mass is 9.97. The molecule has 0 aliphatic carbocycles. The maximum Gasteiger partial charge on any atom is 0.238 e. The summed E-state index contributed by atoms with van der Waals surface area (Å²) >= 11 is 5.91. The zero-order valence-electron chi connectivity index (χ0n) is 12.8. The summed E-state index contributed by atoms with van der Waals surface area (Å²) in [5.74, 6) is -0.0587. The van der Waals surface area contributed by atoms with Gasteiger partial charge in [-0.25, -0.2) is 0 Å². The quantitative estimate of drug-likeness (QED) is 0.899. The van der Waals surface area contributed by atoms with E-state index in [0.717, 1.165) is 30.6 Å². The normalized spacial score (nSPS) is 19.8. The summed E-state index contributed by atoms with van der Waals surface area (Å²) in [5.41, 5.74) is 0.937. The Morgan fingerprint density at radius 2 is 2.24 bits per heavy atom. The van der Waals surface area contributed by atoms with Crippen LogP contribution < -0.4 is 5.32 Å². The first-order chi connectivity index (χ1) is 9.77. The van der Waals surface area contributed by atoms with Gasteiger partial charge in [0.05, 0.1) is 12.1 Å². The largest absolute Gasteiger partial charge is 0.389 e. The molecule has 116 valence electrons. The molecule has 1 heterocycles. The molecule has 1 fully saturated rings. The minimum absolute atomic E-state index is 0.0366. The fraction of sp³-hybridized carbons (Fsp3) is 0.562. The molecule has 1 aromatic carbocycles. The lowest BCUT2D eigenvalue weighted by molar-refractivity contribution is -0.118. The molecule has 1 unspecified atom stereocenters. The van der Waals surface area contributed by atoms with E-state index in [2.05, 4.69) is 10.2 Å². The molecule has 1 atom stereocenters. The van der Waals surface area contributed by atoms with Gasteiger partial charge >= 0.3 is 0 Å². The topological polar surface area (TPSA) is 52.6 Å². The van der Waals surface area contributed by atoms with Gasteiger partial charge in [-0.3, -0.25) is 9.69 Å². The van der Waals surface area contributed by atoms with Gasteiger partial charge in [0.25, 0.3) is 0 Å². The number of anilines is 1. The SMILES string of the molecule is Cc1cc(Cl)ccc1NC(=O)CN1CCCC1C(C)(C)O. The van der Waals surface area contributed by atoms with Crippen LogP contribution in [0.4, 0.5) is 5.69 Å². The standard InChI is InChI=1S/C16H23ClN2O2/c1-11-9-12(17)6-7-13(11)18-15(20)10-19-8-4-5-14(19)16(2,3)21/h6-7,9,14,21H,4-5,8,10H2,1-3H3,(H,18,20). The molecular formula is C16H23ClN2O2. The second-order valence-electron chi connectivity index (χ2n) is 6.29. The van der Waals surface area contributed by atoms with Crippen molar-refractivity contribution in [1.29, 1.82) is 0 Å². The van der Waals surface area contributed by atoms with Gasteiger partial charge < -0.3 is 10.4 Å². The van der Waals surface area contributed by atoms with Crippen molar-refractivity contribution in [2.45, 2.75) is 45.3 Å². The van der Waals surface area contributed by atoms with Crippen LogP contribution in [0.15, 0.2) is 18.2 Å². The van der Waals surface area contributed by atoms with Crippen molar-refractivity contribution in [2.24, 2.45) is 0 Å². The Labute approximate surface area is 131 Å². The Kier molecular flexibility index (Phi) is 4.91. The van der Waals surface area contributed by atoms with Crippen LogP contribution in [0.25, 0.3) is 0 Å². The van der Waals surface area contributed by atoms with Crippen molar-refractivity contribution in [2.75, 3.05) is 18.4 Å². The van der Waals surface area contributed by atoms with E-state index in [1.807, 2.05) is 19.1 Å². The van der Waals surface area contributed by atoms with Crippen molar-refractivity contribution in [3.05, 3.63) is 28.8 Å². The second-order valence-corrected chi connectivity index (χ2v) is 6.73. The van der Waals surface area contributed by atoms with E-state index in [0.29, 0.717) is 11.6 Å². The van der Waals surface area contributed by atoms with Crippen molar-refractivity contribution < 1.29 is 9.90 Å². The molecule has 2 rings (SSSR count). The van der Waals surface area contributed by atoms with Crippen LogP contribution in [0.2, 0.25) is 5.02 Å². The number of aliphatic hydroxyl groups is 1. The highest BCUT2D eigenvalue weighted by atomic mass is 35.5. The van der Waals surface area contributed by atoms with Crippen LogP contribution in [0.1, 0.15) is 32.3 Å². The lowest BCUT2D eigenvalue weighted by Crippen LogP contribution is -2.48. The Bertz CT molecular complexity index is 525. The molecule has 5 heteroatoms. The van der Waals surface area contributed by atoms with E-state index in [1.165, 1.54) is 0 Å². The smallest absolute Gasteiger partial charge is 0.238 e. The number of carbonyl (C=O) groups excluding carboxylic acids is 1. The number of benzene rings is 1. The van der Waals surface area contributed by atoms with Crippen LogP contribution in [-0.2, 0) is 4.79 Å². The molecule has 1 amide bonds. The fourth-order valence-electron chi connectivity index (χ4n) is 2.96. The van der Waals surface area contributed by atoms with Crippen LogP contribution >= 0.6 is 11.6 Å². The average Bonchev–Trinajstić information content (AvgIpc) is 2.80. The monoisotopic (exact) mass is 310 g/mol. The minimum atomic E-state index is -0.785. The summed E-state index contributed by atoms with van der Waals surface area (Å²) in [6, 6.07) is 5.44. The molecule has 4 nitrogen and oxygen atoms in total. The van der Waals surface area contributed by atoms with Crippen LogP contribution in [-0.4, -0.2) is 40.6 Å². The molecule has 2 N–H and O–H groups in total. The summed E-state index contributed by atoms with van der Waals surface area (Å²) in [7, 11) is 0. The highest BCUT2D eigenvalue weighted by molar-refractivity contribution is 6.30. The lowest BCUT2D eigenvalue weighted by Gasteiger charge is -2.33. The third kappa shape index (κ3) is 4.19. The average molecular weight is 311 g/mol. The number of amides is 1. The Hall–Kier alpha value is -1.10. The zero-order chi connectivity index (χ0) is 15.6. The molecule has 0 aromatic heterocycles. The summed E-state index contributed by atoms with van der Waals surface area (Å²) in [4.78, 5) is 14.3. The van der Waals surface area contributed by atoms with E-state index in [1.54, 1.807) is 19.9 Å². The highest BCUT2D eigenvalue weighted by Crippen LogP contribution is 2.26. The molecule has 21 heavy (non-hydrogen) atoms. The van der Waals surface area contributed by atoms with E-state index in [-0.39, 0.29) is 11.9 Å². The molecule has 0 saturated carbocycles. The van der Waals surface area contributed by atoms with Gasteiger partial charge in [0.1, 0.15) is 0 Å². The van der Waals surface area contributed by atoms with Gasteiger partial charge in [-0.15, -0.1) is 0 Å². The highest BCUT2D eigenvalue weighted by Gasteiger charge is 2.36. The van der Waals surface area contributed by atoms with E-state index in [9.17, 15) is 9.90 Å². The van der Waals surface area contributed by atoms with Crippen LogP contribution in [0, 0.1) is 6.92 Å². The van der Waals surface area contributed by atoms with E-state index < -0.39 is 5.60 Å². The summed E-state index contributed by atoms with van der Waals surface area (Å²) in [5, 5.41) is 13.8. The van der Waals surface area contributed by atoms with Crippen molar-refractivity contribution >= 4 is 23.2 Å². The predicted octanol–water partition coefficient (Wildman–Crippen LogP) is 2.82. The number of rotatable bonds is 4. The number of nitrogens with zero attached hydrogens (tertiary/aromatic N) is 1. The number of carbonyl (C=O) groups is 1. The molecule has 0 radical (unpaired) electrons. The van der Waals surface area contributed by atoms with Crippen molar-refractivity contribution in [3.63, 3.8) is 0 Å². The molecule has 1 aromatic rings. The third-order valence-corrected chi connectivity index (χ3v) is 4.22. The zero-order valence-corrected chi connectivity index (χ0v) is 13.6. The molecule has 0 bridgehead atoms. The molecule has 1 aliphatic rings.